The molecule has 7 nitrogen and oxygen atoms in total. The molecule has 0 saturated heterocycles. The second-order valence-electron chi connectivity index (χ2n) is 7.00. The maximum atomic E-state index is 13.3. The van der Waals surface area contributed by atoms with E-state index >= 15 is 0 Å². The van der Waals surface area contributed by atoms with Crippen LogP contribution < -0.4 is 5.32 Å². The Hall–Kier alpha value is -3.78. The van der Waals surface area contributed by atoms with E-state index in [1.54, 1.807) is 17.0 Å². The van der Waals surface area contributed by atoms with E-state index in [1.807, 2.05) is 67.6 Å². The van der Waals surface area contributed by atoms with Crippen LogP contribution in [0, 0.1) is 6.92 Å². The number of rotatable bonds is 7. The summed E-state index contributed by atoms with van der Waals surface area (Å²) >= 11 is 1.27. The lowest BCUT2D eigenvalue weighted by atomic mass is 10.1. The van der Waals surface area contributed by atoms with Crippen molar-refractivity contribution in [2.45, 2.75) is 20.3 Å². The summed E-state index contributed by atoms with van der Waals surface area (Å²) in [7, 11) is 0. The third-order valence-corrected chi connectivity index (χ3v) is 5.60. The zero-order valence-electron chi connectivity index (χ0n) is 17.7. The number of hydrogen-bond acceptors (Lipinski definition) is 6. The monoisotopic (exact) mass is 446 g/mol. The van der Waals surface area contributed by atoms with E-state index < -0.39 is 0 Å². The molecule has 2 aromatic heterocycles. The molecule has 0 spiro atoms. The van der Waals surface area contributed by atoms with Crippen LogP contribution in [0.4, 0.5) is 5.13 Å². The molecule has 0 aliphatic carbocycles. The Morgan fingerprint density at radius 3 is 2.44 bits per heavy atom. The Balaban J connectivity index is 1.66. The standard InChI is InChI=1S/C24H22N4O3S/c1-3-31-20(29)14-18-15-32-24(25-18)26-23(30)21-16(2)28(19-12-8-5-9-13-19)27-22(21)17-10-6-4-7-11-17/h4-13,15H,3,14H2,1-2H3,(H,25,26,30). The highest BCUT2D eigenvalue weighted by Crippen LogP contribution is 2.28. The van der Waals surface area contributed by atoms with Gasteiger partial charge in [-0.2, -0.15) is 5.10 Å². The van der Waals surface area contributed by atoms with Gasteiger partial charge in [0, 0.05) is 10.9 Å². The van der Waals surface area contributed by atoms with Gasteiger partial charge in [-0.15, -0.1) is 11.3 Å². The minimum atomic E-state index is -0.345. The number of ether oxygens (including phenoxy) is 1. The predicted octanol–water partition coefficient (Wildman–Crippen LogP) is 4.66. The van der Waals surface area contributed by atoms with Crippen molar-refractivity contribution in [3.05, 3.63) is 83.0 Å². The first-order valence-corrected chi connectivity index (χ1v) is 11.1. The van der Waals surface area contributed by atoms with Gasteiger partial charge in [0.2, 0.25) is 0 Å². The molecule has 2 aromatic carbocycles. The molecule has 2 heterocycles. The molecule has 0 bridgehead atoms. The first-order valence-electron chi connectivity index (χ1n) is 10.2. The molecule has 8 heteroatoms. The van der Waals surface area contributed by atoms with Crippen LogP contribution in [0.2, 0.25) is 0 Å². The van der Waals surface area contributed by atoms with Crippen molar-refractivity contribution in [1.82, 2.24) is 14.8 Å². The summed E-state index contributed by atoms with van der Waals surface area (Å²) in [5.41, 5.74) is 4.05. The molecule has 0 aliphatic rings. The Morgan fingerprint density at radius 1 is 1.06 bits per heavy atom. The maximum absolute atomic E-state index is 13.3. The minimum absolute atomic E-state index is 0.0699. The third-order valence-electron chi connectivity index (χ3n) is 4.79. The SMILES string of the molecule is CCOC(=O)Cc1csc(NC(=O)c2c(-c3ccccc3)nn(-c3ccccc3)c2C)n1. The van der Waals surface area contributed by atoms with E-state index in [4.69, 9.17) is 9.84 Å². The number of amides is 1. The molecule has 0 saturated carbocycles. The third kappa shape index (κ3) is 4.60. The Morgan fingerprint density at radius 2 is 1.75 bits per heavy atom. The summed E-state index contributed by atoms with van der Waals surface area (Å²) in [6, 6.07) is 19.3. The number of para-hydroxylation sites is 1. The van der Waals surface area contributed by atoms with Crippen LogP contribution in [-0.2, 0) is 16.0 Å². The number of nitrogens with zero attached hydrogens (tertiary/aromatic N) is 3. The summed E-state index contributed by atoms with van der Waals surface area (Å²) in [6.45, 7) is 3.95. The summed E-state index contributed by atoms with van der Waals surface area (Å²) in [5.74, 6) is -0.650. The van der Waals surface area contributed by atoms with Gasteiger partial charge in [0.25, 0.3) is 5.91 Å². The summed E-state index contributed by atoms with van der Waals surface area (Å²) in [5, 5.41) is 9.78. The summed E-state index contributed by atoms with van der Waals surface area (Å²) in [6.07, 6.45) is 0.0699. The molecular weight excluding hydrogens is 424 g/mol. The molecule has 162 valence electrons. The Bertz CT molecular complexity index is 1230. The van der Waals surface area contributed by atoms with Crippen molar-refractivity contribution >= 4 is 28.3 Å². The molecule has 1 amide bonds. The van der Waals surface area contributed by atoms with E-state index in [2.05, 4.69) is 10.3 Å². The fraction of sp³-hybridized carbons (Fsp3) is 0.167. The zero-order valence-corrected chi connectivity index (χ0v) is 18.6. The first-order chi connectivity index (χ1) is 15.6. The average molecular weight is 447 g/mol. The minimum Gasteiger partial charge on any atom is -0.466 e. The Kier molecular flexibility index (Phi) is 6.42. The van der Waals surface area contributed by atoms with E-state index in [-0.39, 0.29) is 18.3 Å². The fourth-order valence-electron chi connectivity index (χ4n) is 3.36. The molecule has 1 N–H and O–H groups in total. The number of esters is 1. The van der Waals surface area contributed by atoms with E-state index in [0.717, 1.165) is 16.9 Å². The molecule has 0 aliphatic heterocycles. The molecule has 0 fully saturated rings. The largest absolute Gasteiger partial charge is 0.466 e. The molecule has 4 rings (SSSR count). The topological polar surface area (TPSA) is 86.1 Å². The van der Waals surface area contributed by atoms with Crippen LogP contribution in [0.15, 0.2) is 66.0 Å². The molecular formula is C24H22N4O3S. The van der Waals surface area contributed by atoms with Crippen LogP contribution in [0.1, 0.15) is 28.7 Å². The van der Waals surface area contributed by atoms with Crippen LogP contribution >= 0.6 is 11.3 Å². The van der Waals surface area contributed by atoms with Gasteiger partial charge in [-0.05, 0) is 26.0 Å². The van der Waals surface area contributed by atoms with Gasteiger partial charge in [0.05, 0.1) is 35.7 Å². The highest BCUT2D eigenvalue weighted by molar-refractivity contribution is 7.14. The quantitative estimate of drug-likeness (QED) is 0.417. The lowest BCUT2D eigenvalue weighted by molar-refractivity contribution is -0.142. The number of thiazole rings is 1. The van der Waals surface area contributed by atoms with Crippen LogP contribution in [0.25, 0.3) is 16.9 Å². The molecule has 4 aromatic rings. The lowest BCUT2D eigenvalue weighted by Gasteiger charge is -2.05. The number of hydrogen-bond donors (Lipinski definition) is 1. The molecule has 32 heavy (non-hydrogen) atoms. The van der Waals surface area contributed by atoms with Crippen LogP contribution in [0.5, 0.6) is 0 Å². The highest BCUT2D eigenvalue weighted by atomic mass is 32.1. The van der Waals surface area contributed by atoms with Crippen molar-refractivity contribution in [3.63, 3.8) is 0 Å². The summed E-state index contributed by atoms with van der Waals surface area (Å²) in [4.78, 5) is 29.4. The number of carbonyl (C=O) groups excluding carboxylic acids is 2. The van der Waals surface area contributed by atoms with Crippen LogP contribution in [0.3, 0.4) is 0 Å². The van der Waals surface area contributed by atoms with Crippen LogP contribution in [-0.4, -0.2) is 33.2 Å². The number of nitrogens with one attached hydrogen (secondary N) is 1. The highest BCUT2D eigenvalue weighted by Gasteiger charge is 2.24. The smallest absolute Gasteiger partial charge is 0.311 e. The predicted molar refractivity (Wildman–Crippen MR) is 124 cm³/mol. The van der Waals surface area contributed by atoms with Gasteiger partial charge >= 0.3 is 5.97 Å². The normalized spacial score (nSPS) is 10.7. The maximum Gasteiger partial charge on any atom is 0.311 e. The number of aromatic nitrogens is 3. The van der Waals surface area contributed by atoms with E-state index in [0.29, 0.717) is 28.7 Å². The average Bonchev–Trinajstić information content (AvgIpc) is 3.38. The second-order valence-corrected chi connectivity index (χ2v) is 7.86. The van der Waals surface area contributed by atoms with Gasteiger partial charge in [-0.1, -0.05) is 48.5 Å². The van der Waals surface area contributed by atoms with Gasteiger partial charge < -0.3 is 4.74 Å². The Labute approximate surface area is 189 Å². The zero-order chi connectivity index (χ0) is 22.5. The van der Waals surface area contributed by atoms with E-state index in [1.165, 1.54) is 11.3 Å². The first kappa shape index (κ1) is 21.5. The second kappa shape index (κ2) is 9.57. The molecule has 0 atom stereocenters. The summed E-state index contributed by atoms with van der Waals surface area (Å²) < 4.78 is 6.73. The number of anilines is 1. The van der Waals surface area contributed by atoms with Crippen molar-refractivity contribution < 1.29 is 14.3 Å². The molecule has 0 unspecified atom stereocenters. The molecule has 0 radical (unpaired) electrons. The van der Waals surface area contributed by atoms with Crippen molar-refractivity contribution in [1.29, 1.82) is 0 Å². The van der Waals surface area contributed by atoms with Gasteiger partial charge in [0.15, 0.2) is 5.13 Å². The van der Waals surface area contributed by atoms with E-state index in [9.17, 15) is 9.59 Å². The van der Waals surface area contributed by atoms with Gasteiger partial charge in [-0.3, -0.25) is 14.9 Å². The lowest BCUT2D eigenvalue weighted by Crippen LogP contribution is -2.14. The number of carbonyl (C=O) groups is 2. The van der Waals surface area contributed by atoms with Crippen molar-refractivity contribution in [2.24, 2.45) is 0 Å². The van der Waals surface area contributed by atoms with Gasteiger partial charge in [0.1, 0.15) is 5.69 Å². The van der Waals surface area contributed by atoms with Crippen molar-refractivity contribution in [3.8, 4) is 16.9 Å². The van der Waals surface area contributed by atoms with Crippen molar-refractivity contribution in [2.75, 3.05) is 11.9 Å². The van der Waals surface area contributed by atoms with Gasteiger partial charge in [-0.25, -0.2) is 9.67 Å². The number of benzene rings is 2. The fourth-order valence-corrected chi connectivity index (χ4v) is 4.06.